The van der Waals surface area contributed by atoms with Crippen molar-refractivity contribution in [3.05, 3.63) is 0 Å². The fourth-order valence-corrected chi connectivity index (χ4v) is 0.864. The molecule has 0 saturated carbocycles. The molecular formula is C8H12B2CoF4N4O4. The van der Waals surface area contributed by atoms with Gasteiger partial charge in [0.05, 0.1) is 22.8 Å². The van der Waals surface area contributed by atoms with Crippen LogP contribution in [-0.4, -0.2) is 37.1 Å². The van der Waals surface area contributed by atoms with Gasteiger partial charge >= 0.3 is 31.0 Å². The molecule has 1 rings (SSSR count). The summed E-state index contributed by atoms with van der Waals surface area (Å²) in [6.07, 6.45) is 0. The van der Waals surface area contributed by atoms with Crippen LogP contribution >= 0.6 is 0 Å². The summed E-state index contributed by atoms with van der Waals surface area (Å²) in [6.45, 7) is 4.73. The van der Waals surface area contributed by atoms with Gasteiger partial charge in [-0.15, -0.1) is 20.6 Å². The molecule has 0 N–H and O–H groups in total. The summed E-state index contributed by atoms with van der Waals surface area (Å²) in [4.78, 5) is 0. The molecule has 0 aromatic heterocycles. The average molecular weight is 385 g/mol. The molecule has 15 heteroatoms. The molecule has 1 heterocycles. The van der Waals surface area contributed by atoms with Crippen molar-refractivity contribution in [3.8, 4) is 0 Å². The van der Waals surface area contributed by atoms with Gasteiger partial charge in [-0.3, -0.25) is 0 Å². The van der Waals surface area contributed by atoms with E-state index in [2.05, 4.69) is 39.6 Å². The summed E-state index contributed by atoms with van der Waals surface area (Å²) >= 11 is 0. The maximum absolute atomic E-state index is 13.2. The largest absolute Gasteiger partial charge is 2.00 e. The summed E-state index contributed by atoms with van der Waals surface area (Å²) in [5, 5.41) is 12.1. The van der Waals surface area contributed by atoms with Gasteiger partial charge in [0.2, 0.25) is 0 Å². The van der Waals surface area contributed by atoms with Crippen LogP contribution in [0.2, 0.25) is 0 Å². The van der Waals surface area contributed by atoms with Gasteiger partial charge in [-0.2, -0.15) is 0 Å². The van der Waals surface area contributed by atoms with Crippen LogP contribution in [0.25, 0.3) is 0 Å². The van der Waals surface area contributed by atoms with E-state index in [9.17, 15) is 17.3 Å². The van der Waals surface area contributed by atoms with Crippen molar-refractivity contribution in [2.45, 2.75) is 27.7 Å². The number of hydrogen-bond acceptors (Lipinski definition) is 8. The molecule has 0 aromatic rings. The van der Waals surface area contributed by atoms with Crippen LogP contribution in [0, 0.1) is 0 Å². The molecule has 131 valence electrons. The van der Waals surface area contributed by atoms with Crippen molar-refractivity contribution in [2.24, 2.45) is 20.6 Å². The van der Waals surface area contributed by atoms with Crippen LogP contribution in [0.5, 0.6) is 0 Å². The third-order valence-electron chi connectivity index (χ3n) is 2.30. The van der Waals surface area contributed by atoms with E-state index in [1.165, 1.54) is 27.7 Å². The normalized spacial score (nSPS) is 30.3. The summed E-state index contributed by atoms with van der Waals surface area (Å²) < 4.78 is 68.5. The molecule has 1 aliphatic rings. The van der Waals surface area contributed by atoms with E-state index in [-0.39, 0.29) is 39.6 Å². The molecule has 0 amide bonds. The molecule has 1 radical (unpaired) electrons. The molecule has 0 saturated heterocycles. The van der Waals surface area contributed by atoms with Crippen molar-refractivity contribution in [1.29, 1.82) is 0 Å². The quantitative estimate of drug-likeness (QED) is 0.473. The second-order valence-electron chi connectivity index (χ2n) is 4.20. The predicted octanol–water partition coefficient (Wildman–Crippen LogP) is 2.32. The summed E-state index contributed by atoms with van der Waals surface area (Å²) in [5.41, 5.74) is -0.966. The third-order valence-corrected chi connectivity index (χ3v) is 2.30. The fraction of sp³-hybridized carbons (Fsp3) is 0.500. The molecular weight excluding hydrogens is 373 g/mol. The minimum Gasteiger partial charge on any atom is -0.519 e. The topological polar surface area (TPSA) is 86.4 Å². The van der Waals surface area contributed by atoms with Crippen LogP contribution in [0.15, 0.2) is 20.6 Å². The maximum Gasteiger partial charge on any atom is 2.00 e. The first-order chi connectivity index (χ1) is 10.0. The molecule has 0 unspecified atom stereocenters. The maximum atomic E-state index is 13.2. The van der Waals surface area contributed by atoms with E-state index >= 15 is 0 Å². The van der Waals surface area contributed by atoms with Crippen LogP contribution in [-0.2, 0) is 35.8 Å². The SMILES string of the molecule is CC1=N\O[B-](F)(F)O/N=C(C)/C(C)=N/O[B-](F)(F)O\N=C\1C.[Co+2]. The van der Waals surface area contributed by atoms with Gasteiger partial charge in [0.1, 0.15) is 0 Å². The number of nitrogens with zero attached hydrogens (tertiary/aromatic N) is 4. The number of rotatable bonds is 0. The first-order valence-electron chi connectivity index (χ1n) is 5.94. The minimum absolute atomic E-state index is 0. The van der Waals surface area contributed by atoms with Crippen LogP contribution in [0.1, 0.15) is 27.7 Å². The van der Waals surface area contributed by atoms with Crippen LogP contribution < -0.4 is 0 Å². The standard InChI is InChI=1S/C8H12B2F4N4O4.Co/c1-5-6(2)16-20-10(13,14)22-18-8(4)7(3)17-21-9(11,12)19-15-5;/h1-4H3;/q-2;+2/b15-5+,16-6+,17-7+,18-8+;. The summed E-state index contributed by atoms with van der Waals surface area (Å²) in [7, 11) is -9.71. The molecule has 0 bridgehead atoms. The van der Waals surface area contributed by atoms with Crippen molar-refractivity contribution >= 4 is 37.1 Å². The Morgan fingerprint density at radius 3 is 0.913 bits per heavy atom. The molecule has 0 atom stereocenters. The zero-order valence-corrected chi connectivity index (χ0v) is 13.5. The first kappa shape index (κ1) is 21.2. The van der Waals surface area contributed by atoms with E-state index in [1.54, 1.807) is 0 Å². The second kappa shape index (κ2) is 8.19. The first-order valence-corrected chi connectivity index (χ1v) is 5.94. The smallest absolute Gasteiger partial charge is 0.519 e. The predicted molar refractivity (Wildman–Crippen MR) is 72.7 cm³/mol. The Kier molecular flexibility index (Phi) is 7.56. The molecule has 0 aliphatic carbocycles. The average Bonchev–Trinajstić information content (AvgIpc) is 2.45. The monoisotopic (exact) mass is 385 g/mol. The Labute approximate surface area is 139 Å². The van der Waals surface area contributed by atoms with E-state index in [1.807, 2.05) is 0 Å². The van der Waals surface area contributed by atoms with Crippen molar-refractivity contribution < 1.29 is 53.1 Å². The van der Waals surface area contributed by atoms with E-state index in [0.717, 1.165) is 0 Å². The van der Waals surface area contributed by atoms with Gasteiger partial charge in [-0.25, -0.2) is 0 Å². The molecule has 23 heavy (non-hydrogen) atoms. The summed E-state index contributed by atoms with van der Waals surface area (Å²) in [5.74, 6) is 0. The van der Waals surface area contributed by atoms with Crippen LogP contribution in [0.4, 0.5) is 17.3 Å². The van der Waals surface area contributed by atoms with Gasteiger partial charge in [0.15, 0.2) is 0 Å². The van der Waals surface area contributed by atoms with Gasteiger partial charge in [-0.05, 0) is 27.7 Å². The molecule has 0 fully saturated rings. The molecule has 1 aliphatic heterocycles. The molecule has 0 spiro atoms. The number of oxime groups is 4. The van der Waals surface area contributed by atoms with Crippen molar-refractivity contribution in [3.63, 3.8) is 0 Å². The van der Waals surface area contributed by atoms with Crippen molar-refractivity contribution in [2.75, 3.05) is 0 Å². The molecule has 8 nitrogen and oxygen atoms in total. The Morgan fingerprint density at radius 1 is 0.565 bits per heavy atom. The van der Waals surface area contributed by atoms with Crippen molar-refractivity contribution in [1.82, 2.24) is 0 Å². The van der Waals surface area contributed by atoms with Gasteiger partial charge in [0, 0.05) is 0 Å². The summed E-state index contributed by atoms with van der Waals surface area (Å²) in [6, 6.07) is 0. The zero-order valence-electron chi connectivity index (χ0n) is 12.4. The Balaban J connectivity index is 0.00000484. The number of halogens is 4. The van der Waals surface area contributed by atoms with Gasteiger partial charge < -0.3 is 36.3 Å². The molecule has 0 aromatic carbocycles. The Bertz CT molecular complexity index is 466. The Morgan fingerprint density at radius 2 is 0.739 bits per heavy atom. The zero-order chi connectivity index (χ0) is 17.0. The minimum atomic E-state index is -4.85. The number of hydrogen-bond donors (Lipinski definition) is 0. The van der Waals surface area contributed by atoms with E-state index in [4.69, 9.17) is 0 Å². The second-order valence-corrected chi connectivity index (χ2v) is 4.20. The van der Waals surface area contributed by atoms with Gasteiger partial charge in [-0.1, -0.05) is 0 Å². The van der Waals surface area contributed by atoms with Crippen LogP contribution in [0.3, 0.4) is 0 Å². The van der Waals surface area contributed by atoms with E-state index in [0.29, 0.717) is 0 Å². The fourth-order valence-electron chi connectivity index (χ4n) is 0.864. The van der Waals surface area contributed by atoms with E-state index < -0.39 is 14.2 Å². The third kappa shape index (κ3) is 7.36. The Hall–Kier alpha value is -1.76. The van der Waals surface area contributed by atoms with Gasteiger partial charge in [0.25, 0.3) is 0 Å².